The predicted molar refractivity (Wildman–Crippen MR) is 44.3 cm³/mol. The molecule has 0 atom stereocenters. The maximum absolute atomic E-state index is 5.27. The SMILES string of the molecule is C=CC(C=C)[SiH2]OCC. The van der Waals surface area contributed by atoms with Crippen LogP contribution in [-0.4, -0.2) is 16.4 Å². The van der Waals surface area contributed by atoms with Crippen LogP contribution in [0.4, 0.5) is 0 Å². The Morgan fingerprint density at radius 2 is 2.11 bits per heavy atom. The summed E-state index contributed by atoms with van der Waals surface area (Å²) < 4.78 is 5.27. The average Bonchev–Trinajstić information content (AvgIpc) is 1.91. The van der Waals surface area contributed by atoms with Crippen molar-refractivity contribution >= 4 is 9.76 Å². The minimum absolute atomic E-state index is 0.411. The van der Waals surface area contributed by atoms with Crippen LogP contribution in [0.15, 0.2) is 25.3 Å². The first-order valence-corrected chi connectivity index (χ1v) is 4.57. The molecule has 0 heterocycles. The molecule has 0 bridgehead atoms. The molecule has 2 heteroatoms. The molecule has 0 radical (unpaired) electrons. The number of hydrogen-bond acceptors (Lipinski definition) is 1. The van der Waals surface area contributed by atoms with Crippen molar-refractivity contribution in [3.05, 3.63) is 25.3 Å². The average molecular weight is 142 g/mol. The molecule has 0 aromatic carbocycles. The molecule has 9 heavy (non-hydrogen) atoms. The summed E-state index contributed by atoms with van der Waals surface area (Å²) in [5.41, 5.74) is 0.449. The minimum Gasteiger partial charge on any atom is -0.423 e. The highest BCUT2D eigenvalue weighted by molar-refractivity contribution is 6.31. The third kappa shape index (κ3) is 4.18. The largest absolute Gasteiger partial charge is 0.423 e. The molecule has 0 spiro atoms. The van der Waals surface area contributed by atoms with Gasteiger partial charge in [0.2, 0.25) is 0 Å². The van der Waals surface area contributed by atoms with Gasteiger partial charge in [0.15, 0.2) is 9.76 Å². The van der Waals surface area contributed by atoms with Gasteiger partial charge in [-0.1, -0.05) is 12.2 Å². The summed E-state index contributed by atoms with van der Waals surface area (Å²) in [6, 6.07) is 0. The van der Waals surface area contributed by atoms with Crippen molar-refractivity contribution in [1.82, 2.24) is 0 Å². The van der Waals surface area contributed by atoms with Gasteiger partial charge >= 0.3 is 0 Å². The van der Waals surface area contributed by atoms with Crippen LogP contribution in [0, 0.1) is 0 Å². The monoisotopic (exact) mass is 142 g/mol. The Morgan fingerprint density at radius 1 is 1.56 bits per heavy atom. The zero-order valence-corrected chi connectivity index (χ0v) is 7.38. The molecule has 0 aromatic rings. The van der Waals surface area contributed by atoms with E-state index in [2.05, 4.69) is 13.2 Å². The summed E-state index contributed by atoms with van der Waals surface area (Å²) in [5.74, 6) is 0. The molecule has 0 fully saturated rings. The molecule has 52 valence electrons. The Hall–Kier alpha value is -0.343. The Morgan fingerprint density at radius 3 is 2.44 bits per heavy atom. The van der Waals surface area contributed by atoms with Crippen LogP contribution in [0.3, 0.4) is 0 Å². The van der Waals surface area contributed by atoms with Gasteiger partial charge < -0.3 is 4.43 Å². The Labute approximate surface area is 59.4 Å². The third-order valence-electron chi connectivity index (χ3n) is 1.12. The first-order chi connectivity index (χ1) is 4.35. The fourth-order valence-electron chi connectivity index (χ4n) is 0.486. The highest BCUT2D eigenvalue weighted by Gasteiger charge is 1.96. The Bertz CT molecular complexity index is 82.9. The van der Waals surface area contributed by atoms with Gasteiger partial charge in [-0.2, -0.15) is 0 Å². The van der Waals surface area contributed by atoms with Crippen molar-refractivity contribution in [3.8, 4) is 0 Å². The highest BCUT2D eigenvalue weighted by Crippen LogP contribution is 2.03. The van der Waals surface area contributed by atoms with Crippen LogP contribution in [0.1, 0.15) is 6.92 Å². The van der Waals surface area contributed by atoms with E-state index in [0.717, 1.165) is 6.61 Å². The lowest BCUT2D eigenvalue weighted by Crippen LogP contribution is -2.02. The van der Waals surface area contributed by atoms with Crippen LogP contribution in [-0.2, 0) is 4.43 Å². The molecule has 0 unspecified atom stereocenters. The zero-order valence-electron chi connectivity index (χ0n) is 5.97. The van der Waals surface area contributed by atoms with Crippen LogP contribution in [0.2, 0.25) is 5.54 Å². The van der Waals surface area contributed by atoms with E-state index in [1.54, 1.807) is 0 Å². The molecular formula is C7H14OSi. The predicted octanol–water partition coefficient (Wildman–Crippen LogP) is 1.27. The van der Waals surface area contributed by atoms with E-state index in [1.165, 1.54) is 0 Å². The van der Waals surface area contributed by atoms with Gasteiger partial charge in [-0.3, -0.25) is 0 Å². The zero-order chi connectivity index (χ0) is 7.11. The van der Waals surface area contributed by atoms with E-state index in [-0.39, 0.29) is 0 Å². The van der Waals surface area contributed by atoms with Crippen LogP contribution < -0.4 is 0 Å². The summed E-state index contributed by atoms with van der Waals surface area (Å²) in [5, 5.41) is 0. The first-order valence-electron chi connectivity index (χ1n) is 3.18. The van der Waals surface area contributed by atoms with Gasteiger partial charge in [-0.15, -0.1) is 13.2 Å². The molecule has 0 saturated heterocycles. The van der Waals surface area contributed by atoms with E-state index in [0.29, 0.717) is 5.54 Å². The summed E-state index contributed by atoms with van der Waals surface area (Å²) >= 11 is 0. The van der Waals surface area contributed by atoms with Crippen LogP contribution in [0.25, 0.3) is 0 Å². The lowest BCUT2D eigenvalue weighted by molar-refractivity contribution is 0.359. The van der Waals surface area contributed by atoms with Crippen molar-refractivity contribution in [2.24, 2.45) is 0 Å². The van der Waals surface area contributed by atoms with E-state index in [1.807, 2.05) is 19.1 Å². The lowest BCUT2D eigenvalue weighted by atomic mass is 10.4. The molecule has 0 saturated carbocycles. The van der Waals surface area contributed by atoms with E-state index in [4.69, 9.17) is 4.43 Å². The van der Waals surface area contributed by atoms with Crippen LogP contribution >= 0.6 is 0 Å². The van der Waals surface area contributed by atoms with E-state index < -0.39 is 9.76 Å². The van der Waals surface area contributed by atoms with Gasteiger partial charge in [-0.05, 0) is 6.92 Å². The second-order valence-electron chi connectivity index (χ2n) is 1.79. The summed E-state index contributed by atoms with van der Waals surface area (Å²) in [4.78, 5) is 0. The molecule has 0 aliphatic carbocycles. The molecule has 0 aliphatic rings. The fourth-order valence-corrected chi connectivity index (χ4v) is 1.27. The maximum Gasteiger partial charge on any atom is 0.171 e. The smallest absolute Gasteiger partial charge is 0.171 e. The van der Waals surface area contributed by atoms with Gasteiger partial charge in [0.25, 0.3) is 0 Å². The van der Waals surface area contributed by atoms with Gasteiger partial charge in [-0.25, -0.2) is 0 Å². The van der Waals surface area contributed by atoms with Gasteiger partial charge in [0.1, 0.15) is 0 Å². The number of allylic oxidation sites excluding steroid dienone is 2. The van der Waals surface area contributed by atoms with Gasteiger partial charge in [0.05, 0.1) is 0 Å². The molecular weight excluding hydrogens is 128 g/mol. The fraction of sp³-hybridized carbons (Fsp3) is 0.429. The normalized spacial score (nSPS) is 10.9. The van der Waals surface area contributed by atoms with E-state index in [9.17, 15) is 0 Å². The molecule has 0 rings (SSSR count). The molecule has 0 N–H and O–H groups in total. The van der Waals surface area contributed by atoms with Crippen molar-refractivity contribution in [1.29, 1.82) is 0 Å². The lowest BCUT2D eigenvalue weighted by Gasteiger charge is -2.03. The third-order valence-corrected chi connectivity index (χ3v) is 2.82. The Kier molecular flexibility index (Phi) is 5.57. The molecule has 1 nitrogen and oxygen atoms in total. The molecule has 0 amide bonds. The summed E-state index contributed by atoms with van der Waals surface area (Å²) in [6.07, 6.45) is 3.80. The van der Waals surface area contributed by atoms with Crippen molar-refractivity contribution in [2.75, 3.05) is 6.61 Å². The highest BCUT2D eigenvalue weighted by atomic mass is 28.2. The summed E-state index contributed by atoms with van der Waals surface area (Å²) in [6.45, 7) is 10.2. The maximum atomic E-state index is 5.27. The van der Waals surface area contributed by atoms with Crippen LogP contribution in [0.5, 0.6) is 0 Å². The van der Waals surface area contributed by atoms with E-state index >= 15 is 0 Å². The van der Waals surface area contributed by atoms with Crippen molar-refractivity contribution in [2.45, 2.75) is 12.5 Å². The minimum atomic E-state index is -0.411. The summed E-state index contributed by atoms with van der Waals surface area (Å²) in [7, 11) is -0.411. The molecule has 0 aliphatic heterocycles. The quantitative estimate of drug-likeness (QED) is 0.415. The second-order valence-corrected chi connectivity index (χ2v) is 3.48. The number of rotatable bonds is 5. The van der Waals surface area contributed by atoms with Crippen molar-refractivity contribution < 1.29 is 4.43 Å². The molecule has 0 aromatic heterocycles. The Balaban J connectivity index is 3.30. The second kappa shape index (κ2) is 5.79. The van der Waals surface area contributed by atoms with Gasteiger partial charge in [0, 0.05) is 12.1 Å². The standard InChI is InChI=1S/C7H14OSi/c1-4-7(5-2)9-8-6-3/h4-5,7H,1-2,6,9H2,3H3. The van der Waals surface area contributed by atoms with Crippen molar-refractivity contribution in [3.63, 3.8) is 0 Å². The number of hydrogen-bond donors (Lipinski definition) is 0. The first kappa shape index (κ1) is 8.66. The topological polar surface area (TPSA) is 9.23 Å².